The Balaban J connectivity index is 0.00000158. The number of rotatable bonds is 8. The molecule has 1 aliphatic heterocycles. The lowest BCUT2D eigenvalue weighted by molar-refractivity contribution is 0.313. The minimum Gasteiger partial charge on any atom is -0.383 e. The zero-order valence-corrected chi connectivity index (χ0v) is 24.0. The molecular formula is C33H41N7. The fraction of sp³-hybridized carbons (Fsp3) is 0.364. The van der Waals surface area contributed by atoms with Gasteiger partial charge in [0, 0.05) is 25.0 Å². The number of allylic oxidation sites excluding steroid dienone is 4. The molecule has 1 fully saturated rings. The lowest BCUT2D eigenvalue weighted by Crippen LogP contribution is -2.21. The Bertz CT molecular complexity index is 1480. The molecule has 4 heterocycles. The molecule has 2 aliphatic rings. The Morgan fingerprint density at radius 3 is 2.62 bits per heavy atom. The van der Waals surface area contributed by atoms with Gasteiger partial charge in [-0.25, -0.2) is 15.0 Å². The number of nitrogens with two attached hydrogens (primary N) is 1. The summed E-state index contributed by atoms with van der Waals surface area (Å²) >= 11 is 0. The van der Waals surface area contributed by atoms with Crippen LogP contribution >= 0.6 is 0 Å². The summed E-state index contributed by atoms with van der Waals surface area (Å²) in [6, 6.07) is 16.8. The van der Waals surface area contributed by atoms with E-state index in [4.69, 9.17) is 15.7 Å². The van der Waals surface area contributed by atoms with E-state index >= 15 is 0 Å². The number of likely N-dealkylation sites (tertiary alicyclic amines) is 1. The van der Waals surface area contributed by atoms with Gasteiger partial charge in [0.2, 0.25) is 0 Å². The summed E-state index contributed by atoms with van der Waals surface area (Å²) in [6.07, 6.45) is 13.0. The van der Waals surface area contributed by atoms with Gasteiger partial charge in [-0.2, -0.15) is 0 Å². The van der Waals surface area contributed by atoms with E-state index in [-0.39, 0.29) is 0 Å². The number of pyridine rings is 2. The number of hydrogen-bond donors (Lipinski definition) is 2. The van der Waals surface area contributed by atoms with E-state index < -0.39 is 0 Å². The van der Waals surface area contributed by atoms with E-state index in [1.165, 1.54) is 31.5 Å². The molecule has 6 rings (SSSR count). The lowest BCUT2D eigenvalue weighted by atomic mass is 10.0. The average molecular weight is 536 g/mol. The van der Waals surface area contributed by atoms with Crippen molar-refractivity contribution in [2.24, 2.45) is 5.92 Å². The fourth-order valence-electron chi connectivity index (χ4n) is 5.60. The third-order valence-electron chi connectivity index (χ3n) is 7.65. The molecule has 7 heteroatoms. The highest BCUT2D eigenvalue weighted by molar-refractivity contribution is 5.85. The monoisotopic (exact) mass is 535 g/mol. The zero-order valence-electron chi connectivity index (χ0n) is 24.0. The molecule has 1 aliphatic carbocycles. The number of hydrogen-bond acceptors (Lipinski definition) is 6. The molecule has 1 unspecified atom stereocenters. The third-order valence-corrected chi connectivity index (χ3v) is 7.65. The number of aromatic nitrogens is 4. The van der Waals surface area contributed by atoms with E-state index in [0.717, 1.165) is 71.4 Å². The van der Waals surface area contributed by atoms with Gasteiger partial charge in [0.25, 0.3) is 0 Å². The van der Waals surface area contributed by atoms with Crippen molar-refractivity contribution < 1.29 is 0 Å². The van der Waals surface area contributed by atoms with Crippen LogP contribution < -0.4 is 11.1 Å². The SMILES string of the molecule is CC.CNCCC1CCN(Cc2ccc(-n3c(-c4cccnc4N)nc4ccc(C5=CCCC=C5)nc43)cc2)C1. The second-order valence-electron chi connectivity index (χ2n) is 10.3. The smallest absolute Gasteiger partial charge is 0.165 e. The molecule has 1 saturated heterocycles. The van der Waals surface area contributed by atoms with E-state index in [9.17, 15) is 0 Å². The number of nitrogens with one attached hydrogen (secondary N) is 1. The second kappa shape index (κ2) is 13.0. The zero-order chi connectivity index (χ0) is 27.9. The highest BCUT2D eigenvalue weighted by atomic mass is 15.2. The Morgan fingerprint density at radius 2 is 1.88 bits per heavy atom. The number of nitrogens with zero attached hydrogens (tertiary/aromatic N) is 5. The molecule has 1 aromatic carbocycles. The summed E-state index contributed by atoms with van der Waals surface area (Å²) in [4.78, 5) is 17.0. The second-order valence-corrected chi connectivity index (χ2v) is 10.3. The first-order chi connectivity index (χ1) is 19.7. The van der Waals surface area contributed by atoms with Crippen LogP contribution in [0.25, 0.3) is 33.8 Å². The van der Waals surface area contributed by atoms with Gasteiger partial charge in [-0.1, -0.05) is 44.2 Å². The van der Waals surface area contributed by atoms with E-state index in [0.29, 0.717) is 5.82 Å². The predicted octanol–water partition coefficient (Wildman–Crippen LogP) is 6.26. The van der Waals surface area contributed by atoms with Gasteiger partial charge in [-0.3, -0.25) is 9.47 Å². The number of benzene rings is 1. The molecule has 0 spiro atoms. The summed E-state index contributed by atoms with van der Waals surface area (Å²) in [5.41, 5.74) is 13.2. The van der Waals surface area contributed by atoms with Crippen LogP contribution in [0.1, 0.15) is 50.8 Å². The van der Waals surface area contributed by atoms with Crippen molar-refractivity contribution in [2.75, 3.05) is 32.4 Å². The van der Waals surface area contributed by atoms with Crippen molar-refractivity contribution in [1.29, 1.82) is 0 Å². The van der Waals surface area contributed by atoms with Crippen LogP contribution in [0, 0.1) is 5.92 Å². The molecule has 0 bridgehead atoms. The largest absolute Gasteiger partial charge is 0.383 e. The molecule has 0 radical (unpaired) electrons. The Labute approximate surface area is 237 Å². The maximum atomic E-state index is 6.31. The first kappa shape index (κ1) is 27.7. The minimum atomic E-state index is 0.459. The molecule has 3 N–H and O–H groups in total. The fourth-order valence-corrected chi connectivity index (χ4v) is 5.60. The summed E-state index contributed by atoms with van der Waals surface area (Å²) in [5.74, 6) is 2.00. The quantitative estimate of drug-likeness (QED) is 0.277. The van der Waals surface area contributed by atoms with E-state index in [1.54, 1.807) is 6.20 Å². The van der Waals surface area contributed by atoms with Gasteiger partial charge in [-0.15, -0.1) is 0 Å². The number of anilines is 1. The van der Waals surface area contributed by atoms with Crippen molar-refractivity contribution >= 4 is 22.6 Å². The molecule has 4 aromatic rings. The number of fused-ring (bicyclic) bond motifs is 1. The predicted molar refractivity (Wildman–Crippen MR) is 166 cm³/mol. The van der Waals surface area contributed by atoms with Crippen molar-refractivity contribution in [1.82, 2.24) is 29.7 Å². The first-order valence-corrected chi connectivity index (χ1v) is 14.6. The highest BCUT2D eigenvalue weighted by Crippen LogP contribution is 2.32. The standard InChI is InChI=1S/C31H35N7.C2H6/c1-33-18-15-23-16-19-37(21-23)20-22-9-11-25(12-10-22)38-30(26-8-5-17-34-29(26)32)36-28-14-13-27(35-31(28)38)24-6-3-2-4-7-24;1-2/h3,5-14,17,23,33H,2,4,15-16,18-21H2,1H3,(H2,32,34);1-2H3. The van der Waals surface area contributed by atoms with E-state index in [2.05, 4.69) is 74.4 Å². The van der Waals surface area contributed by atoms with Crippen molar-refractivity contribution in [3.63, 3.8) is 0 Å². The van der Waals surface area contributed by atoms with Crippen LogP contribution in [0.5, 0.6) is 0 Å². The molecule has 0 saturated carbocycles. The molecule has 1 atom stereocenters. The lowest BCUT2D eigenvalue weighted by Gasteiger charge is -2.17. The molecule has 208 valence electrons. The van der Waals surface area contributed by atoms with Crippen LogP contribution in [0.2, 0.25) is 0 Å². The number of nitrogen functional groups attached to an aromatic ring is 1. The van der Waals surface area contributed by atoms with Gasteiger partial charge >= 0.3 is 0 Å². The van der Waals surface area contributed by atoms with Crippen molar-refractivity contribution in [3.8, 4) is 17.1 Å². The van der Waals surface area contributed by atoms with Gasteiger partial charge in [0.1, 0.15) is 11.3 Å². The molecular weight excluding hydrogens is 494 g/mol. The van der Waals surface area contributed by atoms with Gasteiger partial charge in [0.05, 0.1) is 11.3 Å². The van der Waals surface area contributed by atoms with Crippen LogP contribution in [-0.4, -0.2) is 51.1 Å². The van der Waals surface area contributed by atoms with Crippen LogP contribution in [0.15, 0.2) is 73.0 Å². The van der Waals surface area contributed by atoms with E-state index in [1.807, 2.05) is 33.0 Å². The Morgan fingerprint density at radius 1 is 1.02 bits per heavy atom. The molecule has 0 amide bonds. The Kier molecular flexibility index (Phi) is 9.04. The summed E-state index contributed by atoms with van der Waals surface area (Å²) in [5, 5.41) is 3.28. The third kappa shape index (κ3) is 6.01. The topological polar surface area (TPSA) is 84.9 Å². The first-order valence-electron chi connectivity index (χ1n) is 14.6. The van der Waals surface area contributed by atoms with Crippen molar-refractivity contribution in [2.45, 2.75) is 46.1 Å². The summed E-state index contributed by atoms with van der Waals surface area (Å²) in [6.45, 7) is 8.42. The maximum Gasteiger partial charge on any atom is 0.165 e. The van der Waals surface area contributed by atoms with Gasteiger partial charge < -0.3 is 11.1 Å². The molecule has 7 nitrogen and oxygen atoms in total. The average Bonchev–Trinajstić information content (AvgIpc) is 3.62. The minimum absolute atomic E-state index is 0.459. The highest BCUT2D eigenvalue weighted by Gasteiger charge is 2.22. The summed E-state index contributed by atoms with van der Waals surface area (Å²) in [7, 11) is 2.03. The molecule has 40 heavy (non-hydrogen) atoms. The maximum absolute atomic E-state index is 6.31. The van der Waals surface area contributed by atoms with Crippen LogP contribution in [-0.2, 0) is 6.54 Å². The Hall–Kier alpha value is -3.81. The van der Waals surface area contributed by atoms with Crippen molar-refractivity contribution in [3.05, 3.63) is 84.2 Å². The summed E-state index contributed by atoms with van der Waals surface area (Å²) < 4.78 is 2.12. The van der Waals surface area contributed by atoms with Crippen LogP contribution in [0.4, 0.5) is 5.82 Å². The normalized spacial score (nSPS) is 17.1. The van der Waals surface area contributed by atoms with Gasteiger partial charge in [0.15, 0.2) is 11.5 Å². The number of imidazole rings is 1. The molecule has 3 aromatic heterocycles. The van der Waals surface area contributed by atoms with Crippen LogP contribution in [0.3, 0.4) is 0 Å². The van der Waals surface area contributed by atoms with Gasteiger partial charge in [-0.05, 0) is 99.3 Å².